The summed E-state index contributed by atoms with van der Waals surface area (Å²) in [5, 5.41) is 0. The van der Waals surface area contributed by atoms with E-state index in [0.29, 0.717) is 12.5 Å². The number of benzene rings is 2. The van der Waals surface area contributed by atoms with Crippen molar-refractivity contribution in [1.29, 1.82) is 0 Å². The summed E-state index contributed by atoms with van der Waals surface area (Å²) in [5.74, 6) is 0.690. The number of pyridine rings is 1. The number of carbonyl (C=O) groups is 1. The molecule has 1 aliphatic carbocycles. The van der Waals surface area contributed by atoms with Gasteiger partial charge in [0.05, 0.1) is 0 Å². The zero-order valence-corrected chi connectivity index (χ0v) is 20.7. The summed E-state index contributed by atoms with van der Waals surface area (Å²) in [5.41, 5.74) is 12.2. The number of hydrogen-bond donors (Lipinski definition) is 1. The van der Waals surface area contributed by atoms with E-state index in [2.05, 4.69) is 74.3 Å². The van der Waals surface area contributed by atoms with E-state index in [0.717, 1.165) is 42.6 Å². The van der Waals surface area contributed by atoms with Gasteiger partial charge in [0.1, 0.15) is 0 Å². The lowest BCUT2D eigenvalue weighted by molar-refractivity contribution is -0.120. The number of nitrogens with two attached hydrogens (primary N) is 1. The van der Waals surface area contributed by atoms with Crippen LogP contribution in [-0.4, -0.2) is 23.5 Å². The number of anilines is 1. The van der Waals surface area contributed by atoms with Crippen molar-refractivity contribution in [1.82, 2.24) is 4.98 Å². The second kappa shape index (κ2) is 11.0. The molecule has 1 heterocycles. The Balaban J connectivity index is 1.54. The monoisotopic (exact) mass is 455 g/mol. The largest absolute Gasteiger partial charge is 0.326 e. The highest BCUT2D eigenvalue weighted by Gasteiger charge is 2.47. The van der Waals surface area contributed by atoms with Gasteiger partial charge in [-0.15, -0.1) is 0 Å². The van der Waals surface area contributed by atoms with Gasteiger partial charge in [0.2, 0.25) is 5.91 Å². The summed E-state index contributed by atoms with van der Waals surface area (Å²) in [6.45, 7) is 7.04. The van der Waals surface area contributed by atoms with Crippen LogP contribution in [0.15, 0.2) is 72.9 Å². The molecule has 0 aliphatic heterocycles. The van der Waals surface area contributed by atoms with Gasteiger partial charge < -0.3 is 10.6 Å². The van der Waals surface area contributed by atoms with E-state index in [1.807, 2.05) is 23.1 Å². The minimum atomic E-state index is -0.0632. The summed E-state index contributed by atoms with van der Waals surface area (Å²) >= 11 is 0. The molecule has 178 valence electrons. The maximum Gasteiger partial charge on any atom is 0.230 e. The number of amides is 1. The molecule has 2 N–H and O–H groups in total. The van der Waals surface area contributed by atoms with Crippen LogP contribution in [0.5, 0.6) is 0 Å². The van der Waals surface area contributed by atoms with Gasteiger partial charge in [-0.3, -0.25) is 9.78 Å². The van der Waals surface area contributed by atoms with Gasteiger partial charge in [-0.2, -0.15) is 0 Å². The second-order valence-electron chi connectivity index (χ2n) is 9.70. The number of nitrogens with zero attached hydrogens (tertiary/aromatic N) is 2. The van der Waals surface area contributed by atoms with Gasteiger partial charge in [0.25, 0.3) is 0 Å². The van der Waals surface area contributed by atoms with E-state index in [9.17, 15) is 4.79 Å². The van der Waals surface area contributed by atoms with Crippen molar-refractivity contribution < 1.29 is 4.79 Å². The zero-order valence-electron chi connectivity index (χ0n) is 20.7. The maximum atomic E-state index is 13.6. The smallest absolute Gasteiger partial charge is 0.230 e. The Morgan fingerprint density at radius 1 is 1.03 bits per heavy atom. The van der Waals surface area contributed by atoms with E-state index in [-0.39, 0.29) is 23.8 Å². The first kappa shape index (κ1) is 24.2. The molecule has 0 saturated heterocycles. The van der Waals surface area contributed by atoms with Crippen LogP contribution in [0.2, 0.25) is 0 Å². The molecule has 3 aromatic rings. The molecule has 4 heteroatoms. The Hall–Kier alpha value is -2.98. The van der Waals surface area contributed by atoms with Crippen LogP contribution in [0.25, 0.3) is 11.1 Å². The molecular weight excluding hydrogens is 418 g/mol. The van der Waals surface area contributed by atoms with Crippen molar-refractivity contribution in [3.8, 4) is 11.1 Å². The van der Waals surface area contributed by atoms with Crippen LogP contribution in [0, 0.1) is 11.8 Å². The highest BCUT2D eigenvalue weighted by atomic mass is 16.2. The predicted octanol–water partition coefficient (Wildman–Crippen LogP) is 6.21. The van der Waals surface area contributed by atoms with Crippen LogP contribution in [0.3, 0.4) is 0 Å². The molecule has 0 radical (unpaired) electrons. The summed E-state index contributed by atoms with van der Waals surface area (Å²) in [4.78, 5) is 20.0. The number of hydrogen-bond acceptors (Lipinski definition) is 3. The number of rotatable bonds is 10. The molecule has 0 unspecified atom stereocenters. The fourth-order valence-electron chi connectivity index (χ4n) is 4.59. The Bertz CT molecular complexity index is 1060. The van der Waals surface area contributed by atoms with Gasteiger partial charge in [0, 0.05) is 42.0 Å². The zero-order chi connectivity index (χ0) is 24.1. The van der Waals surface area contributed by atoms with Crippen LogP contribution >= 0.6 is 0 Å². The van der Waals surface area contributed by atoms with Crippen LogP contribution in [-0.2, 0) is 11.2 Å². The predicted molar refractivity (Wildman–Crippen MR) is 141 cm³/mol. The second-order valence-corrected chi connectivity index (χ2v) is 9.70. The molecule has 1 saturated carbocycles. The summed E-state index contributed by atoms with van der Waals surface area (Å²) in [7, 11) is 0. The Morgan fingerprint density at radius 2 is 1.71 bits per heavy atom. The molecule has 1 aromatic heterocycles. The van der Waals surface area contributed by atoms with Crippen molar-refractivity contribution in [2.45, 2.75) is 58.4 Å². The minimum Gasteiger partial charge on any atom is -0.326 e. The number of carbonyl (C=O) groups excluding carboxylic acids is 1. The molecule has 2 aromatic carbocycles. The fraction of sp³-hybridized carbons (Fsp3) is 0.400. The van der Waals surface area contributed by atoms with E-state index in [1.165, 1.54) is 11.1 Å². The molecule has 1 fully saturated rings. The average Bonchev–Trinajstić information content (AvgIpc) is 3.69. The standard InChI is InChI=1S/C30H37N3O/c1-4-8-22-10-12-23(13-11-22)24-14-16-25(17-15-24)33(20-28(31)21(3)5-2)30(34)27-19-26(27)29-9-6-7-18-32-29/h6-7,9-18,21,26-28H,4-5,8,19-20,31H2,1-3H3/t21-,26+,27-,28+/m0/s1. The highest BCUT2D eigenvalue weighted by Crippen LogP contribution is 2.48. The maximum absolute atomic E-state index is 13.6. The normalized spacial score (nSPS) is 18.8. The van der Waals surface area contributed by atoms with E-state index in [4.69, 9.17) is 5.73 Å². The van der Waals surface area contributed by atoms with Gasteiger partial charge in [0.15, 0.2) is 0 Å². The molecule has 4 rings (SSSR count). The molecule has 34 heavy (non-hydrogen) atoms. The Kier molecular flexibility index (Phi) is 7.79. The third-order valence-electron chi connectivity index (χ3n) is 7.21. The minimum absolute atomic E-state index is 0.0233. The first-order valence-electron chi connectivity index (χ1n) is 12.7. The Morgan fingerprint density at radius 3 is 2.29 bits per heavy atom. The summed E-state index contributed by atoms with van der Waals surface area (Å²) in [6.07, 6.45) is 5.91. The quantitative estimate of drug-likeness (QED) is 0.395. The van der Waals surface area contributed by atoms with Gasteiger partial charge in [-0.1, -0.05) is 76.1 Å². The molecule has 4 atom stereocenters. The third-order valence-corrected chi connectivity index (χ3v) is 7.21. The Labute approximate surface area is 204 Å². The average molecular weight is 456 g/mol. The van der Waals surface area contributed by atoms with Gasteiger partial charge in [-0.05, 0) is 59.7 Å². The van der Waals surface area contributed by atoms with Crippen LogP contribution in [0.1, 0.15) is 57.2 Å². The van der Waals surface area contributed by atoms with Crippen LogP contribution in [0.4, 0.5) is 5.69 Å². The molecule has 0 spiro atoms. The van der Waals surface area contributed by atoms with Gasteiger partial charge in [-0.25, -0.2) is 0 Å². The molecule has 1 amide bonds. The van der Waals surface area contributed by atoms with Gasteiger partial charge >= 0.3 is 0 Å². The molecule has 1 aliphatic rings. The first-order valence-corrected chi connectivity index (χ1v) is 12.7. The first-order chi connectivity index (χ1) is 16.5. The van der Waals surface area contributed by atoms with Crippen molar-refractivity contribution in [2.75, 3.05) is 11.4 Å². The SMILES string of the molecule is CCCc1ccc(-c2ccc(N(C[C@@H](N)[C@@H](C)CC)C(=O)[C@H]3C[C@H]3c3ccccn3)cc2)cc1. The van der Waals surface area contributed by atoms with Crippen molar-refractivity contribution in [3.05, 3.63) is 84.2 Å². The highest BCUT2D eigenvalue weighted by molar-refractivity contribution is 5.97. The lowest BCUT2D eigenvalue weighted by Crippen LogP contribution is -2.45. The summed E-state index contributed by atoms with van der Waals surface area (Å²) in [6, 6.07) is 23.0. The lowest BCUT2D eigenvalue weighted by atomic mass is 9.98. The van der Waals surface area contributed by atoms with E-state index in [1.54, 1.807) is 6.20 Å². The fourth-order valence-corrected chi connectivity index (χ4v) is 4.59. The van der Waals surface area contributed by atoms with Crippen molar-refractivity contribution in [3.63, 3.8) is 0 Å². The van der Waals surface area contributed by atoms with E-state index < -0.39 is 0 Å². The van der Waals surface area contributed by atoms with Crippen molar-refractivity contribution in [2.24, 2.45) is 17.6 Å². The summed E-state index contributed by atoms with van der Waals surface area (Å²) < 4.78 is 0. The van der Waals surface area contributed by atoms with Crippen molar-refractivity contribution >= 4 is 11.6 Å². The third kappa shape index (κ3) is 5.56. The number of aromatic nitrogens is 1. The lowest BCUT2D eigenvalue weighted by Gasteiger charge is -2.29. The topological polar surface area (TPSA) is 59.2 Å². The molecule has 4 nitrogen and oxygen atoms in total. The molecule has 0 bridgehead atoms. The van der Waals surface area contributed by atoms with E-state index >= 15 is 0 Å². The molecular formula is C30H37N3O. The van der Waals surface area contributed by atoms with Crippen LogP contribution < -0.4 is 10.6 Å². The number of aryl methyl sites for hydroxylation is 1.